The largest absolute Gasteiger partial charge is 0.440 e. The van der Waals surface area contributed by atoms with Crippen LogP contribution in [0.1, 0.15) is 65.7 Å². The number of rotatable bonds is 12. The SMILES string of the molecule is CCCCCCCOCC12OC(CN3CCCC3)C(OC(=O)Nc3ccccc3)C1OC(C)(C)O2. The molecule has 3 aliphatic heterocycles. The fourth-order valence-electron chi connectivity index (χ4n) is 5.28. The Kier molecular flexibility index (Phi) is 9.05. The Balaban J connectivity index is 1.44. The minimum absolute atomic E-state index is 0.242. The van der Waals surface area contributed by atoms with Crippen LogP contribution in [0.3, 0.4) is 0 Å². The highest BCUT2D eigenvalue weighted by atomic mass is 16.9. The topological polar surface area (TPSA) is 78.5 Å². The van der Waals surface area contributed by atoms with E-state index in [2.05, 4.69) is 17.1 Å². The first kappa shape index (κ1) is 26.4. The summed E-state index contributed by atoms with van der Waals surface area (Å²) in [5.74, 6) is -1.97. The molecular weight excluding hydrogens is 448 g/mol. The van der Waals surface area contributed by atoms with Gasteiger partial charge in [-0.1, -0.05) is 50.8 Å². The maximum Gasteiger partial charge on any atom is 0.412 e. The average Bonchev–Trinajstić information content (AvgIpc) is 3.48. The first-order chi connectivity index (χ1) is 16.9. The highest BCUT2D eigenvalue weighted by Crippen LogP contribution is 2.47. The summed E-state index contributed by atoms with van der Waals surface area (Å²) < 4.78 is 31.2. The van der Waals surface area contributed by atoms with E-state index in [1.54, 1.807) is 0 Å². The van der Waals surface area contributed by atoms with E-state index in [1.807, 2.05) is 44.2 Å². The van der Waals surface area contributed by atoms with Crippen LogP contribution in [0.15, 0.2) is 30.3 Å². The first-order valence-electron chi connectivity index (χ1n) is 13.3. The fraction of sp³-hybridized carbons (Fsp3) is 0.741. The predicted octanol–water partition coefficient (Wildman–Crippen LogP) is 4.93. The van der Waals surface area contributed by atoms with Crippen LogP contribution in [0.5, 0.6) is 0 Å². The molecule has 8 nitrogen and oxygen atoms in total. The number of ether oxygens (including phenoxy) is 5. The zero-order chi connectivity index (χ0) is 24.7. The Morgan fingerprint density at radius 3 is 2.57 bits per heavy atom. The second-order valence-electron chi connectivity index (χ2n) is 10.3. The fourth-order valence-corrected chi connectivity index (χ4v) is 5.28. The molecular formula is C27H42N2O6. The van der Waals surface area contributed by atoms with Crippen molar-refractivity contribution in [1.82, 2.24) is 4.90 Å². The van der Waals surface area contributed by atoms with Crippen LogP contribution < -0.4 is 5.32 Å². The van der Waals surface area contributed by atoms with Crippen LogP contribution in [-0.2, 0) is 23.7 Å². The summed E-state index contributed by atoms with van der Waals surface area (Å²) in [4.78, 5) is 15.2. The van der Waals surface area contributed by atoms with E-state index < -0.39 is 29.9 Å². The Morgan fingerprint density at radius 2 is 1.83 bits per heavy atom. The van der Waals surface area contributed by atoms with Crippen LogP contribution in [0.2, 0.25) is 0 Å². The van der Waals surface area contributed by atoms with Gasteiger partial charge in [0.15, 0.2) is 18.0 Å². The molecule has 3 aliphatic rings. The van der Waals surface area contributed by atoms with Crippen LogP contribution >= 0.6 is 0 Å². The molecule has 8 heteroatoms. The van der Waals surface area contributed by atoms with Gasteiger partial charge in [-0.2, -0.15) is 0 Å². The van der Waals surface area contributed by atoms with E-state index in [1.165, 1.54) is 32.1 Å². The number of carbonyl (C=O) groups excluding carboxylic acids is 1. The molecule has 1 amide bonds. The van der Waals surface area contributed by atoms with Gasteiger partial charge in [-0.05, 0) is 58.3 Å². The molecule has 0 radical (unpaired) electrons. The number of nitrogens with zero attached hydrogens (tertiary/aromatic N) is 1. The maximum absolute atomic E-state index is 12.9. The van der Waals surface area contributed by atoms with E-state index in [4.69, 9.17) is 23.7 Å². The molecule has 4 unspecified atom stereocenters. The number of benzene rings is 1. The minimum atomic E-state index is -1.10. The molecule has 196 valence electrons. The van der Waals surface area contributed by atoms with Crippen molar-refractivity contribution in [1.29, 1.82) is 0 Å². The van der Waals surface area contributed by atoms with Crippen molar-refractivity contribution in [3.05, 3.63) is 30.3 Å². The van der Waals surface area contributed by atoms with E-state index in [-0.39, 0.29) is 12.7 Å². The van der Waals surface area contributed by atoms with Crippen molar-refractivity contribution < 1.29 is 28.5 Å². The first-order valence-corrected chi connectivity index (χ1v) is 13.3. The van der Waals surface area contributed by atoms with Crippen LogP contribution in [0.4, 0.5) is 10.5 Å². The third-order valence-corrected chi connectivity index (χ3v) is 6.87. The van der Waals surface area contributed by atoms with Crippen LogP contribution in [0.25, 0.3) is 0 Å². The van der Waals surface area contributed by atoms with Crippen molar-refractivity contribution in [2.45, 2.75) is 95.6 Å². The quantitative estimate of drug-likeness (QED) is 0.416. The standard InChI is InChI=1S/C27H42N2O6/c1-4-5-6-7-13-18-31-20-27-24(34-26(2,3)35-27)23(22(33-27)19-29-16-11-12-17-29)32-25(30)28-21-14-9-8-10-15-21/h8-10,14-15,22-24H,4-7,11-13,16-20H2,1-3H3,(H,28,30). The number of fused-ring (bicyclic) bond motifs is 1. The van der Waals surface area contributed by atoms with Crippen molar-refractivity contribution in [2.75, 3.05) is 38.2 Å². The van der Waals surface area contributed by atoms with Crippen molar-refractivity contribution in [3.63, 3.8) is 0 Å². The molecule has 4 rings (SSSR count). The van der Waals surface area contributed by atoms with Gasteiger partial charge in [0.05, 0.1) is 0 Å². The lowest BCUT2D eigenvalue weighted by Crippen LogP contribution is -2.46. The summed E-state index contributed by atoms with van der Waals surface area (Å²) >= 11 is 0. The Labute approximate surface area is 209 Å². The molecule has 3 heterocycles. The predicted molar refractivity (Wildman–Crippen MR) is 133 cm³/mol. The Morgan fingerprint density at radius 1 is 1.09 bits per heavy atom. The third-order valence-electron chi connectivity index (χ3n) is 6.87. The van der Waals surface area contributed by atoms with Crippen molar-refractivity contribution in [2.24, 2.45) is 0 Å². The van der Waals surface area contributed by atoms with Gasteiger partial charge >= 0.3 is 6.09 Å². The van der Waals surface area contributed by atoms with Gasteiger partial charge in [-0.25, -0.2) is 4.79 Å². The van der Waals surface area contributed by atoms with Gasteiger partial charge in [0.25, 0.3) is 0 Å². The number of anilines is 1. The molecule has 3 fully saturated rings. The third kappa shape index (κ3) is 6.95. The van der Waals surface area contributed by atoms with Crippen molar-refractivity contribution >= 4 is 11.8 Å². The number of hydrogen-bond acceptors (Lipinski definition) is 7. The molecule has 0 aliphatic carbocycles. The number of para-hydroxylation sites is 1. The zero-order valence-corrected chi connectivity index (χ0v) is 21.5. The molecule has 0 aromatic heterocycles. The summed E-state index contributed by atoms with van der Waals surface area (Å²) in [6.45, 7) is 9.50. The maximum atomic E-state index is 12.9. The number of hydrogen-bond donors (Lipinski definition) is 1. The number of nitrogens with one attached hydrogen (secondary N) is 1. The second kappa shape index (κ2) is 12.0. The normalized spacial score (nSPS) is 29.9. The summed E-state index contributed by atoms with van der Waals surface area (Å²) in [5, 5.41) is 2.81. The highest BCUT2D eigenvalue weighted by molar-refractivity contribution is 5.84. The van der Waals surface area contributed by atoms with Gasteiger partial charge in [0, 0.05) is 18.8 Å². The Hall–Kier alpha value is -1.71. The molecule has 1 aromatic carbocycles. The summed E-state index contributed by atoms with van der Waals surface area (Å²) in [7, 11) is 0. The lowest BCUT2D eigenvalue weighted by Gasteiger charge is -2.30. The summed E-state index contributed by atoms with van der Waals surface area (Å²) in [6, 6.07) is 9.28. The molecule has 0 saturated carbocycles. The average molecular weight is 491 g/mol. The van der Waals surface area contributed by atoms with E-state index in [9.17, 15) is 4.79 Å². The molecule has 1 aromatic rings. The van der Waals surface area contributed by atoms with Gasteiger partial charge < -0.3 is 28.6 Å². The van der Waals surface area contributed by atoms with Crippen LogP contribution in [0, 0.1) is 0 Å². The summed E-state index contributed by atoms with van der Waals surface area (Å²) in [6.07, 6.45) is 6.09. The number of unbranched alkanes of at least 4 members (excludes halogenated alkanes) is 4. The number of carbonyl (C=O) groups is 1. The van der Waals surface area contributed by atoms with Gasteiger partial charge in [0.1, 0.15) is 12.7 Å². The monoisotopic (exact) mass is 490 g/mol. The van der Waals surface area contributed by atoms with Gasteiger partial charge in [0.2, 0.25) is 5.79 Å². The minimum Gasteiger partial charge on any atom is -0.440 e. The Bertz CT molecular complexity index is 800. The second-order valence-corrected chi connectivity index (χ2v) is 10.3. The zero-order valence-electron chi connectivity index (χ0n) is 21.5. The van der Waals surface area contributed by atoms with Gasteiger partial charge in [-0.3, -0.25) is 5.32 Å². The molecule has 3 saturated heterocycles. The smallest absolute Gasteiger partial charge is 0.412 e. The highest BCUT2D eigenvalue weighted by Gasteiger charge is 2.66. The van der Waals surface area contributed by atoms with Gasteiger partial charge in [-0.15, -0.1) is 0 Å². The lowest BCUT2D eigenvalue weighted by atomic mass is 10.0. The van der Waals surface area contributed by atoms with E-state index >= 15 is 0 Å². The molecule has 4 atom stereocenters. The molecule has 0 bridgehead atoms. The van der Waals surface area contributed by atoms with E-state index in [0.29, 0.717) is 18.8 Å². The van der Waals surface area contributed by atoms with Crippen LogP contribution in [-0.4, -0.2) is 73.7 Å². The van der Waals surface area contributed by atoms with E-state index in [0.717, 1.165) is 25.9 Å². The number of amides is 1. The number of likely N-dealkylation sites (tertiary alicyclic amines) is 1. The lowest BCUT2D eigenvalue weighted by molar-refractivity contribution is -0.278. The molecule has 35 heavy (non-hydrogen) atoms. The molecule has 0 spiro atoms. The van der Waals surface area contributed by atoms with Crippen molar-refractivity contribution in [3.8, 4) is 0 Å². The molecule has 1 N–H and O–H groups in total. The summed E-state index contributed by atoms with van der Waals surface area (Å²) in [5.41, 5.74) is 0.675.